The van der Waals surface area contributed by atoms with E-state index < -0.39 is 5.97 Å². The van der Waals surface area contributed by atoms with Crippen LogP contribution in [0.5, 0.6) is 0 Å². The van der Waals surface area contributed by atoms with Gasteiger partial charge in [0, 0.05) is 19.2 Å². The topological polar surface area (TPSA) is 55.1 Å². The molecule has 0 aromatic carbocycles. The number of carbonyl (C=O) groups is 1. The Morgan fingerprint density at radius 1 is 1.67 bits per heavy atom. The highest BCUT2D eigenvalue weighted by Crippen LogP contribution is 2.14. The van der Waals surface area contributed by atoms with Crippen molar-refractivity contribution < 1.29 is 9.90 Å². The van der Waals surface area contributed by atoms with Gasteiger partial charge in [-0.1, -0.05) is 13.3 Å². The van der Waals surface area contributed by atoms with E-state index in [1.165, 1.54) is 0 Å². The summed E-state index contributed by atoms with van der Waals surface area (Å²) in [5.74, 6) is -1.000. The smallest absolute Gasteiger partial charge is 0.306 e. The van der Waals surface area contributed by atoms with E-state index in [1.54, 1.807) is 4.68 Å². The van der Waals surface area contributed by atoms with Crippen LogP contribution in [0, 0.1) is 12.8 Å². The van der Waals surface area contributed by atoms with Crippen LogP contribution < -0.4 is 0 Å². The fourth-order valence-corrected chi connectivity index (χ4v) is 1.77. The molecular weight excluding hydrogens is 192 g/mol. The van der Waals surface area contributed by atoms with Crippen molar-refractivity contribution in [2.75, 3.05) is 0 Å². The first-order valence-corrected chi connectivity index (χ1v) is 5.27. The molecule has 15 heavy (non-hydrogen) atoms. The third kappa shape index (κ3) is 3.08. The van der Waals surface area contributed by atoms with Crippen LogP contribution in [-0.4, -0.2) is 20.9 Å². The summed E-state index contributed by atoms with van der Waals surface area (Å²) in [4.78, 5) is 11.0. The molecule has 1 N–H and O–H groups in total. The molecule has 1 atom stereocenters. The lowest BCUT2D eigenvalue weighted by molar-refractivity contribution is -0.142. The van der Waals surface area contributed by atoms with Gasteiger partial charge in [0.1, 0.15) is 0 Å². The first-order chi connectivity index (χ1) is 7.04. The molecule has 1 aromatic rings. The molecule has 0 spiro atoms. The molecule has 0 aliphatic heterocycles. The Hall–Kier alpha value is -1.32. The van der Waals surface area contributed by atoms with E-state index in [4.69, 9.17) is 5.11 Å². The van der Waals surface area contributed by atoms with E-state index in [9.17, 15) is 4.79 Å². The summed E-state index contributed by atoms with van der Waals surface area (Å²) < 4.78 is 1.76. The number of carboxylic acids is 1. The van der Waals surface area contributed by atoms with Crippen molar-refractivity contribution in [2.45, 2.75) is 33.1 Å². The predicted octanol–water partition coefficient (Wildman–Crippen LogP) is 1.77. The van der Waals surface area contributed by atoms with Crippen molar-refractivity contribution in [1.29, 1.82) is 0 Å². The number of hydrogen-bond donors (Lipinski definition) is 1. The van der Waals surface area contributed by atoms with Gasteiger partial charge < -0.3 is 5.11 Å². The third-order valence-corrected chi connectivity index (χ3v) is 2.54. The van der Waals surface area contributed by atoms with Crippen LogP contribution in [0.25, 0.3) is 0 Å². The van der Waals surface area contributed by atoms with E-state index in [2.05, 4.69) is 5.10 Å². The number of aryl methyl sites for hydroxylation is 2. The molecule has 4 nitrogen and oxygen atoms in total. The lowest BCUT2D eigenvalue weighted by Gasteiger charge is -2.10. The quantitative estimate of drug-likeness (QED) is 0.805. The van der Waals surface area contributed by atoms with E-state index in [0.29, 0.717) is 6.42 Å². The van der Waals surface area contributed by atoms with Crippen LogP contribution in [0.1, 0.15) is 31.2 Å². The number of aromatic nitrogens is 2. The molecule has 0 aliphatic carbocycles. The minimum atomic E-state index is -0.712. The van der Waals surface area contributed by atoms with Crippen LogP contribution in [0.4, 0.5) is 0 Å². The van der Waals surface area contributed by atoms with Gasteiger partial charge in [0.25, 0.3) is 0 Å². The second-order valence-corrected chi connectivity index (χ2v) is 3.93. The van der Waals surface area contributed by atoms with Gasteiger partial charge in [-0.05, 0) is 19.4 Å². The Labute approximate surface area is 89.9 Å². The van der Waals surface area contributed by atoms with Gasteiger partial charge in [-0.2, -0.15) is 5.10 Å². The first-order valence-electron chi connectivity index (χ1n) is 5.27. The largest absolute Gasteiger partial charge is 0.481 e. The predicted molar refractivity (Wildman–Crippen MR) is 57.7 cm³/mol. The summed E-state index contributed by atoms with van der Waals surface area (Å²) in [7, 11) is 1.85. The molecule has 0 radical (unpaired) electrons. The minimum absolute atomic E-state index is 0.287. The Kier molecular flexibility index (Phi) is 3.88. The van der Waals surface area contributed by atoms with Crippen molar-refractivity contribution in [3.63, 3.8) is 0 Å². The summed E-state index contributed by atoms with van der Waals surface area (Å²) >= 11 is 0. The standard InChI is InChI=1S/C11H18N2O2/c1-4-5-9(11(14)15)7-10-6-8(2)12-13(10)3/h6,9H,4-5,7H2,1-3H3,(H,14,15). The van der Waals surface area contributed by atoms with Gasteiger partial charge in [0.15, 0.2) is 0 Å². The maximum atomic E-state index is 11.0. The maximum absolute atomic E-state index is 11.0. The molecular formula is C11H18N2O2. The summed E-state index contributed by atoms with van der Waals surface area (Å²) in [6.07, 6.45) is 2.19. The van der Waals surface area contributed by atoms with Crippen molar-refractivity contribution in [2.24, 2.45) is 13.0 Å². The van der Waals surface area contributed by atoms with Gasteiger partial charge in [-0.15, -0.1) is 0 Å². The highest BCUT2D eigenvalue weighted by molar-refractivity contribution is 5.70. The van der Waals surface area contributed by atoms with Crippen molar-refractivity contribution in [1.82, 2.24) is 9.78 Å². The highest BCUT2D eigenvalue weighted by Gasteiger charge is 2.18. The molecule has 0 amide bonds. The Morgan fingerprint density at radius 3 is 2.73 bits per heavy atom. The Bertz CT molecular complexity index is 344. The molecule has 0 saturated heterocycles. The summed E-state index contributed by atoms with van der Waals surface area (Å²) in [5, 5.41) is 13.2. The fraction of sp³-hybridized carbons (Fsp3) is 0.636. The number of nitrogens with zero attached hydrogens (tertiary/aromatic N) is 2. The zero-order valence-electron chi connectivity index (χ0n) is 9.53. The summed E-state index contributed by atoms with van der Waals surface area (Å²) in [5.41, 5.74) is 1.93. The van der Waals surface area contributed by atoms with Crippen molar-refractivity contribution in [3.8, 4) is 0 Å². The van der Waals surface area contributed by atoms with Gasteiger partial charge >= 0.3 is 5.97 Å². The molecule has 4 heteroatoms. The first kappa shape index (κ1) is 11.8. The zero-order chi connectivity index (χ0) is 11.4. The van der Waals surface area contributed by atoms with Gasteiger partial charge in [0.2, 0.25) is 0 Å². The molecule has 0 aliphatic rings. The lowest BCUT2D eigenvalue weighted by atomic mass is 9.98. The fourth-order valence-electron chi connectivity index (χ4n) is 1.77. The van der Waals surface area contributed by atoms with E-state index in [0.717, 1.165) is 24.2 Å². The minimum Gasteiger partial charge on any atom is -0.481 e. The zero-order valence-corrected chi connectivity index (χ0v) is 9.53. The summed E-state index contributed by atoms with van der Waals surface area (Å²) in [6, 6.07) is 1.95. The summed E-state index contributed by atoms with van der Waals surface area (Å²) in [6.45, 7) is 3.92. The average Bonchev–Trinajstić information content (AvgIpc) is 2.44. The van der Waals surface area contributed by atoms with E-state index in [1.807, 2.05) is 27.0 Å². The second-order valence-electron chi connectivity index (χ2n) is 3.93. The number of rotatable bonds is 5. The molecule has 1 unspecified atom stereocenters. The van der Waals surface area contributed by atoms with Gasteiger partial charge in [-0.25, -0.2) is 0 Å². The second kappa shape index (κ2) is 4.96. The van der Waals surface area contributed by atoms with Crippen LogP contribution in [-0.2, 0) is 18.3 Å². The lowest BCUT2D eigenvalue weighted by Crippen LogP contribution is -2.17. The molecule has 0 saturated carbocycles. The molecule has 1 heterocycles. The Balaban J connectivity index is 2.73. The van der Waals surface area contributed by atoms with Crippen LogP contribution in [0.15, 0.2) is 6.07 Å². The SMILES string of the molecule is CCCC(Cc1cc(C)nn1C)C(=O)O. The number of aliphatic carboxylic acids is 1. The highest BCUT2D eigenvalue weighted by atomic mass is 16.4. The molecule has 0 bridgehead atoms. The van der Waals surface area contributed by atoms with E-state index in [-0.39, 0.29) is 5.92 Å². The number of hydrogen-bond acceptors (Lipinski definition) is 2. The van der Waals surface area contributed by atoms with E-state index >= 15 is 0 Å². The molecule has 1 rings (SSSR count). The molecule has 84 valence electrons. The van der Waals surface area contributed by atoms with Crippen molar-refractivity contribution >= 4 is 5.97 Å². The normalized spacial score (nSPS) is 12.7. The average molecular weight is 210 g/mol. The van der Waals surface area contributed by atoms with Crippen molar-refractivity contribution in [3.05, 3.63) is 17.5 Å². The van der Waals surface area contributed by atoms with Crippen LogP contribution in [0.2, 0.25) is 0 Å². The third-order valence-electron chi connectivity index (χ3n) is 2.54. The van der Waals surface area contributed by atoms with Gasteiger partial charge in [0.05, 0.1) is 11.6 Å². The van der Waals surface area contributed by atoms with Crippen LogP contribution >= 0.6 is 0 Å². The number of carboxylic acid groups (broad SMARTS) is 1. The molecule has 0 fully saturated rings. The van der Waals surface area contributed by atoms with Crippen LogP contribution in [0.3, 0.4) is 0 Å². The Morgan fingerprint density at radius 2 is 2.33 bits per heavy atom. The maximum Gasteiger partial charge on any atom is 0.306 e. The molecule has 1 aromatic heterocycles. The monoisotopic (exact) mass is 210 g/mol. The van der Waals surface area contributed by atoms with Gasteiger partial charge in [-0.3, -0.25) is 9.48 Å².